The zero-order chi connectivity index (χ0) is 17.0. The number of rotatable bonds is 5. The minimum atomic E-state index is -0.636. The van der Waals surface area contributed by atoms with Gasteiger partial charge in [0.05, 0.1) is 5.60 Å². The van der Waals surface area contributed by atoms with Gasteiger partial charge in [0.1, 0.15) is 5.82 Å². The number of nitrogens with zero attached hydrogens (tertiary/aromatic N) is 1. The second kappa shape index (κ2) is 9.09. The van der Waals surface area contributed by atoms with E-state index >= 15 is 0 Å². The van der Waals surface area contributed by atoms with E-state index in [0.717, 1.165) is 40.8 Å². The van der Waals surface area contributed by atoms with Crippen molar-refractivity contribution in [3.8, 4) is 0 Å². The molecule has 3 rings (SSSR count). The van der Waals surface area contributed by atoms with Crippen molar-refractivity contribution in [2.75, 3.05) is 31.6 Å². The highest BCUT2D eigenvalue weighted by Gasteiger charge is 2.31. The van der Waals surface area contributed by atoms with Gasteiger partial charge < -0.3 is 20.7 Å². The number of aromatic nitrogens is 1. The number of aliphatic imine (C=N–C) groups is 1. The Bertz CT molecular complexity index is 731. The van der Waals surface area contributed by atoms with Crippen LogP contribution in [0, 0.1) is 5.82 Å². The molecule has 0 spiro atoms. The summed E-state index contributed by atoms with van der Waals surface area (Å²) in [7, 11) is 1.72. The van der Waals surface area contributed by atoms with Crippen molar-refractivity contribution in [1.29, 1.82) is 0 Å². The maximum Gasteiger partial charge on any atom is 0.191 e. The highest BCUT2D eigenvalue weighted by atomic mass is 127. The van der Waals surface area contributed by atoms with Crippen LogP contribution in [0.3, 0.4) is 0 Å². The molecule has 0 aliphatic carbocycles. The first-order valence-electron chi connectivity index (χ1n) is 8.10. The first-order valence-corrected chi connectivity index (χ1v) is 9.25. The summed E-state index contributed by atoms with van der Waals surface area (Å²) in [5.74, 6) is 2.22. The molecule has 2 heterocycles. The van der Waals surface area contributed by atoms with E-state index in [1.165, 1.54) is 12.1 Å². The van der Waals surface area contributed by atoms with E-state index in [0.29, 0.717) is 19.0 Å². The van der Waals surface area contributed by atoms with Gasteiger partial charge in [-0.25, -0.2) is 4.39 Å². The topological polar surface area (TPSA) is 72.4 Å². The number of hydrogen-bond donors (Lipinski definition) is 4. The molecule has 2 aromatic rings. The highest BCUT2D eigenvalue weighted by molar-refractivity contribution is 14.0. The molecule has 1 aliphatic rings. The van der Waals surface area contributed by atoms with Gasteiger partial charge in [-0.3, -0.25) is 4.99 Å². The van der Waals surface area contributed by atoms with Gasteiger partial charge in [0.25, 0.3) is 0 Å². The van der Waals surface area contributed by atoms with Gasteiger partial charge in [-0.1, -0.05) is 0 Å². The van der Waals surface area contributed by atoms with E-state index in [1.54, 1.807) is 24.9 Å². The number of benzene rings is 1. The molecule has 5 nitrogen and oxygen atoms in total. The number of hydrogen-bond acceptors (Lipinski definition) is 3. The zero-order valence-electron chi connectivity index (χ0n) is 14.1. The van der Waals surface area contributed by atoms with Crippen LogP contribution in [0.5, 0.6) is 0 Å². The summed E-state index contributed by atoms with van der Waals surface area (Å²) in [5, 5.41) is 17.8. The molecule has 1 aromatic carbocycles. The normalized spacial score (nSPS) is 20.5. The number of fused-ring (bicyclic) bond motifs is 1. The fourth-order valence-corrected chi connectivity index (χ4v) is 4.18. The molecular formula is C17H24FIN4OS. The lowest BCUT2D eigenvalue weighted by molar-refractivity contribution is 0.0724. The van der Waals surface area contributed by atoms with E-state index in [2.05, 4.69) is 20.6 Å². The molecule has 0 bridgehead atoms. The summed E-state index contributed by atoms with van der Waals surface area (Å²) in [6.07, 6.45) is 3.53. The molecule has 1 aromatic heterocycles. The van der Waals surface area contributed by atoms with Crippen LogP contribution >= 0.6 is 35.7 Å². The molecule has 0 radical (unpaired) electrons. The minimum absolute atomic E-state index is 0. The second-order valence-corrected chi connectivity index (χ2v) is 7.24. The average molecular weight is 478 g/mol. The highest BCUT2D eigenvalue weighted by Crippen LogP contribution is 2.26. The molecule has 0 amide bonds. The molecule has 1 aliphatic heterocycles. The van der Waals surface area contributed by atoms with Gasteiger partial charge in [0, 0.05) is 43.0 Å². The maximum absolute atomic E-state index is 13.2. The van der Waals surface area contributed by atoms with Crippen LogP contribution in [0.2, 0.25) is 0 Å². The summed E-state index contributed by atoms with van der Waals surface area (Å²) in [6.45, 7) is 1.21. The third kappa shape index (κ3) is 5.24. The molecule has 138 valence electrons. The Kier molecular flexibility index (Phi) is 7.38. The van der Waals surface area contributed by atoms with Gasteiger partial charge in [0.2, 0.25) is 0 Å². The number of aliphatic hydroxyl groups is 1. The predicted octanol–water partition coefficient (Wildman–Crippen LogP) is 2.50. The van der Waals surface area contributed by atoms with Crippen molar-refractivity contribution >= 4 is 52.6 Å². The van der Waals surface area contributed by atoms with Crippen molar-refractivity contribution < 1.29 is 9.50 Å². The summed E-state index contributed by atoms with van der Waals surface area (Å²) < 4.78 is 13.2. The van der Waals surface area contributed by atoms with Crippen LogP contribution in [0.25, 0.3) is 10.9 Å². The molecule has 1 unspecified atom stereocenters. The second-order valence-electron chi connectivity index (χ2n) is 6.13. The number of guanidine groups is 1. The molecule has 25 heavy (non-hydrogen) atoms. The van der Waals surface area contributed by atoms with Crippen LogP contribution in [0.1, 0.15) is 12.0 Å². The number of nitrogens with one attached hydrogen (secondary N) is 3. The molecule has 1 atom stereocenters. The van der Waals surface area contributed by atoms with Crippen molar-refractivity contribution in [1.82, 2.24) is 15.6 Å². The maximum atomic E-state index is 13.2. The molecule has 0 saturated carbocycles. The largest absolute Gasteiger partial charge is 0.387 e. The first kappa shape index (κ1) is 20.3. The zero-order valence-corrected chi connectivity index (χ0v) is 17.3. The summed E-state index contributed by atoms with van der Waals surface area (Å²) in [6, 6.07) is 4.79. The predicted molar refractivity (Wildman–Crippen MR) is 114 cm³/mol. The van der Waals surface area contributed by atoms with Crippen molar-refractivity contribution in [2.45, 2.75) is 18.4 Å². The Morgan fingerprint density at radius 1 is 1.44 bits per heavy atom. The summed E-state index contributed by atoms with van der Waals surface area (Å²) >= 11 is 1.78. The van der Waals surface area contributed by atoms with Gasteiger partial charge in [-0.15, -0.1) is 24.0 Å². The Morgan fingerprint density at radius 2 is 2.28 bits per heavy atom. The van der Waals surface area contributed by atoms with Crippen molar-refractivity contribution in [3.63, 3.8) is 0 Å². The van der Waals surface area contributed by atoms with Gasteiger partial charge in [-0.2, -0.15) is 11.8 Å². The molecule has 4 N–H and O–H groups in total. The Hall–Kier alpha value is -1.00. The van der Waals surface area contributed by atoms with Gasteiger partial charge >= 0.3 is 0 Å². The molecule has 8 heteroatoms. The van der Waals surface area contributed by atoms with E-state index in [-0.39, 0.29) is 29.8 Å². The third-order valence-corrected chi connectivity index (χ3v) is 5.54. The van der Waals surface area contributed by atoms with Gasteiger partial charge in [0.15, 0.2) is 5.96 Å². The summed E-state index contributed by atoms with van der Waals surface area (Å²) in [5.41, 5.74) is 1.32. The van der Waals surface area contributed by atoms with E-state index in [9.17, 15) is 9.50 Å². The monoisotopic (exact) mass is 478 g/mol. The van der Waals surface area contributed by atoms with Crippen LogP contribution in [-0.2, 0) is 6.42 Å². The smallest absolute Gasteiger partial charge is 0.191 e. The van der Waals surface area contributed by atoms with Crippen LogP contribution in [-0.4, -0.2) is 53.3 Å². The molecule has 1 saturated heterocycles. The Balaban J connectivity index is 0.00000225. The van der Waals surface area contributed by atoms with Crippen LogP contribution in [0.4, 0.5) is 4.39 Å². The van der Waals surface area contributed by atoms with Crippen LogP contribution in [0.15, 0.2) is 29.4 Å². The van der Waals surface area contributed by atoms with Crippen LogP contribution < -0.4 is 10.6 Å². The van der Waals surface area contributed by atoms with E-state index < -0.39 is 5.60 Å². The number of aromatic amines is 1. The van der Waals surface area contributed by atoms with Crippen molar-refractivity contribution in [3.05, 3.63) is 35.8 Å². The quantitative estimate of drug-likeness (QED) is 0.303. The molecular weight excluding hydrogens is 454 g/mol. The summed E-state index contributed by atoms with van der Waals surface area (Å²) in [4.78, 5) is 7.29. The van der Waals surface area contributed by atoms with Gasteiger partial charge in [-0.05, 0) is 42.4 Å². The van der Waals surface area contributed by atoms with E-state index in [1.807, 2.05) is 6.20 Å². The fraction of sp³-hybridized carbons (Fsp3) is 0.471. The van der Waals surface area contributed by atoms with Crippen molar-refractivity contribution in [2.24, 2.45) is 4.99 Å². The van der Waals surface area contributed by atoms with E-state index in [4.69, 9.17) is 0 Å². The molecule has 1 fully saturated rings. The third-order valence-electron chi connectivity index (χ3n) is 4.31. The average Bonchev–Trinajstić information content (AvgIpc) is 3.17. The fourth-order valence-electron chi connectivity index (χ4n) is 2.89. The lowest BCUT2D eigenvalue weighted by atomic mass is 10.0. The lowest BCUT2D eigenvalue weighted by Gasteiger charge is -2.23. The SMILES string of the molecule is CN=C(NCCc1c[nH]c2cc(F)ccc12)NCC1(O)CCSC1.I. The number of halogens is 2. The number of H-pyrrole nitrogens is 1. The first-order chi connectivity index (χ1) is 11.6. The minimum Gasteiger partial charge on any atom is -0.387 e. The Morgan fingerprint density at radius 3 is 3.00 bits per heavy atom. The Labute approximate surface area is 168 Å². The lowest BCUT2D eigenvalue weighted by Crippen LogP contribution is -2.47. The standard InChI is InChI=1S/C17H23FN4OS.HI/c1-19-16(22-10-17(23)5-7-24-11-17)20-6-4-12-9-21-15-8-13(18)2-3-14(12)15;/h2-3,8-9,21,23H,4-7,10-11H2,1H3,(H2,19,20,22);1H. The number of thioether (sulfide) groups is 1.